The average molecular weight is 696 g/mol. The van der Waals surface area contributed by atoms with Crippen LogP contribution in [0.3, 0.4) is 0 Å². The van der Waals surface area contributed by atoms with Gasteiger partial charge in [-0.15, -0.1) is 0 Å². The van der Waals surface area contributed by atoms with Gasteiger partial charge in [-0.2, -0.15) is 0 Å². The predicted molar refractivity (Wildman–Crippen MR) is 201 cm³/mol. The molecule has 0 saturated heterocycles. The van der Waals surface area contributed by atoms with Gasteiger partial charge in [0.05, 0.1) is 12.5 Å². The van der Waals surface area contributed by atoms with Crippen molar-refractivity contribution in [3.05, 3.63) is 12.2 Å². The van der Waals surface area contributed by atoms with Gasteiger partial charge in [0, 0.05) is 25.3 Å². The van der Waals surface area contributed by atoms with Crippen LogP contribution in [-0.4, -0.2) is 37.6 Å². The smallest absolute Gasteiger partial charge is 0.305 e. The van der Waals surface area contributed by atoms with Crippen molar-refractivity contribution in [1.29, 1.82) is 0 Å². The van der Waals surface area contributed by atoms with E-state index in [0.717, 1.165) is 70.8 Å². The molecule has 6 nitrogen and oxygen atoms in total. The number of fused-ring (bicyclic) bond motifs is 7. The Morgan fingerprint density at radius 3 is 2.02 bits per heavy atom. The molecule has 0 aromatic rings. The summed E-state index contributed by atoms with van der Waals surface area (Å²) in [5.41, 5.74) is 1.67. The lowest BCUT2D eigenvalue weighted by Gasteiger charge is -2.72. The number of esters is 2. The Labute approximate surface area is 305 Å². The maximum atomic E-state index is 14.4. The molecule has 10 atom stereocenters. The summed E-state index contributed by atoms with van der Waals surface area (Å²) in [6.45, 7) is 21.8. The first kappa shape index (κ1) is 39.4. The first-order valence-electron chi connectivity index (χ1n) is 20.8. The summed E-state index contributed by atoms with van der Waals surface area (Å²) in [7, 11) is 1.46. The van der Waals surface area contributed by atoms with Gasteiger partial charge in [-0.1, -0.05) is 85.3 Å². The largest absolute Gasteiger partial charge is 0.469 e. The molecule has 5 rings (SSSR count). The van der Waals surface area contributed by atoms with Crippen molar-refractivity contribution in [3.8, 4) is 0 Å². The Morgan fingerprint density at radius 2 is 1.38 bits per heavy atom. The van der Waals surface area contributed by atoms with Crippen LogP contribution in [-0.2, 0) is 23.9 Å². The van der Waals surface area contributed by atoms with Crippen LogP contribution >= 0.6 is 0 Å². The Balaban J connectivity index is 1.23. The number of carbonyl (C=O) groups is 3. The lowest BCUT2D eigenvalue weighted by Crippen LogP contribution is -2.67. The van der Waals surface area contributed by atoms with Gasteiger partial charge in [0.25, 0.3) is 0 Å². The number of unbranched alkanes of at least 4 members (excludes halogenated alkanes) is 7. The number of carbonyl (C=O) groups excluding carboxylic acids is 3. The molecule has 5 aliphatic carbocycles. The number of amides is 1. The average Bonchev–Trinajstić information content (AvgIpc) is 3.46. The maximum Gasteiger partial charge on any atom is 0.305 e. The zero-order valence-electron chi connectivity index (χ0n) is 33.4. The summed E-state index contributed by atoms with van der Waals surface area (Å²) in [5, 5.41) is 3.50. The zero-order chi connectivity index (χ0) is 36.5. The van der Waals surface area contributed by atoms with E-state index in [2.05, 4.69) is 53.4 Å². The number of methoxy groups -OCH3 is 1. The van der Waals surface area contributed by atoms with Crippen LogP contribution in [0.2, 0.25) is 0 Å². The number of nitrogens with one attached hydrogen (secondary N) is 1. The quantitative estimate of drug-likeness (QED) is 0.111. The summed E-state index contributed by atoms with van der Waals surface area (Å²) in [6, 6.07) is 0. The van der Waals surface area contributed by atoms with Crippen molar-refractivity contribution in [2.24, 2.45) is 56.7 Å². The van der Waals surface area contributed by atoms with Crippen molar-refractivity contribution in [3.63, 3.8) is 0 Å². The Kier molecular flexibility index (Phi) is 12.0. The lowest BCUT2D eigenvalue weighted by molar-refractivity contribution is -0.248. The monoisotopic (exact) mass is 696 g/mol. The fraction of sp³-hybridized carbons (Fsp3) is 0.886. The molecule has 0 aromatic carbocycles. The summed E-state index contributed by atoms with van der Waals surface area (Å²) >= 11 is 0. The first-order chi connectivity index (χ1) is 23.6. The molecule has 1 N–H and O–H groups in total. The molecule has 0 aromatic heterocycles. The predicted octanol–water partition coefficient (Wildman–Crippen LogP) is 10.4. The fourth-order valence-corrected chi connectivity index (χ4v) is 13.9. The molecule has 5 saturated carbocycles. The highest BCUT2D eigenvalue weighted by atomic mass is 16.5. The topological polar surface area (TPSA) is 81.7 Å². The molecule has 1 amide bonds. The molecule has 5 aliphatic rings. The van der Waals surface area contributed by atoms with E-state index in [1.165, 1.54) is 64.0 Å². The molecule has 0 heterocycles. The van der Waals surface area contributed by atoms with Gasteiger partial charge in [-0.25, -0.2) is 0 Å². The van der Waals surface area contributed by atoms with Gasteiger partial charge in [0.1, 0.15) is 6.10 Å². The lowest BCUT2D eigenvalue weighted by atomic mass is 9.32. The third kappa shape index (κ3) is 6.85. The number of rotatable bonds is 14. The summed E-state index contributed by atoms with van der Waals surface area (Å²) < 4.78 is 10.7. The second kappa shape index (κ2) is 15.2. The molecule has 0 spiro atoms. The van der Waals surface area contributed by atoms with Crippen molar-refractivity contribution in [2.75, 3.05) is 13.7 Å². The molecule has 0 unspecified atom stereocenters. The molecular formula is C44H73NO5. The van der Waals surface area contributed by atoms with E-state index < -0.39 is 0 Å². The third-order valence-electron chi connectivity index (χ3n) is 16.6. The molecule has 50 heavy (non-hydrogen) atoms. The van der Waals surface area contributed by atoms with Crippen molar-refractivity contribution >= 4 is 17.8 Å². The number of ether oxygens (including phenoxy) is 2. The van der Waals surface area contributed by atoms with E-state index in [1.807, 2.05) is 0 Å². The standard InChI is InChI=1S/C44H73NO5/c1-30(2)32-21-26-44(39(48)45-29-17-15-13-11-10-12-14-16-18-37(47)49-9)28-27-42(7)33(38(32)44)19-20-35-41(6)24-23-36(50-31(3)46)40(4,5)34(41)22-25-43(35,42)8/h32-36,38H,1,10-29H2,2-9H3,(H,45,48)/t32-,33+,34-,35+,36-,38+,41-,42+,43+,44-/m0/s1. The van der Waals surface area contributed by atoms with Crippen LogP contribution in [0.25, 0.3) is 0 Å². The van der Waals surface area contributed by atoms with E-state index in [-0.39, 0.29) is 45.1 Å². The van der Waals surface area contributed by atoms with E-state index >= 15 is 0 Å². The SMILES string of the molecule is C=C(C)[C@@H]1CC[C@]2(C(=O)NCCCCCCCCCCC(=O)OC)CC[C@]3(C)[C@H](CC[C@@H]4[C@@]5(C)CC[C@H](OC(C)=O)C(C)(C)[C@@H]5CC[C@]43C)[C@@H]12. The number of allylic oxidation sites excluding steroid dienone is 1. The van der Waals surface area contributed by atoms with Gasteiger partial charge in [-0.05, 0) is 130 Å². The highest BCUT2D eigenvalue weighted by Crippen LogP contribution is 2.77. The van der Waals surface area contributed by atoms with Crippen LogP contribution in [0.4, 0.5) is 0 Å². The third-order valence-corrected chi connectivity index (χ3v) is 16.6. The second-order valence-corrected chi connectivity index (χ2v) is 19.2. The molecule has 284 valence electrons. The number of hydrogen-bond donors (Lipinski definition) is 1. The van der Waals surface area contributed by atoms with E-state index in [0.29, 0.717) is 41.9 Å². The van der Waals surface area contributed by atoms with Crippen molar-refractivity contribution in [2.45, 2.75) is 177 Å². The molecule has 0 bridgehead atoms. The first-order valence-corrected chi connectivity index (χ1v) is 20.8. The number of hydrogen-bond acceptors (Lipinski definition) is 5. The summed E-state index contributed by atoms with van der Waals surface area (Å²) in [4.78, 5) is 37.8. The van der Waals surface area contributed by atoms with Gasteiger partial charge < -0.3 is 14.8 Å². The second-order valence-electron chi connectivity index (χ2n) is 19.2. The fourth-order valence-electron chi connectivity index (χ4n) is 13.9. The molecule has 6 heteroatoms. The Morgan fingerprint density at radius 1 is 0.720 bits per heavy atom. The summed E-state index contributed by atoms with van der Waals surface area (Å²) in [5.74, 6) is 2.66. The van der Waals surface area contributed by atoms with Crippen molar-refractivity contribution in [1.82, 2.24) is 5.32 Å². The molecule has 5 fully saturated rings. The van der Waals surface area contributed by atoms with Gasteiger partial charge in [0.15, 0.2) is 0 Å². The Bertz CT molecular complexity index is 1260. The van der Waals surface area contributed by atoms with Crippen LogP contribution in [0, 0.1) is 56.7 Å². The normalized spacial score (nSPS) is 40.0. The van der Waals surface area contributed by atoms with Gasteiger partial charge in [0.2, 0.25) is 5.91 Å². The van der Waals surface area contributed by atoms with Crippen LogP contribution in [0.15, 0.2) is 12.2 Å². The van der Waals surface area contributed by atoms with Gasteiger partial charge in [-0.3, -0.25) is 14.4 Å². The minimum absolute atomic E-state index is 0.00775. The zero-order valence-corrected chi connectivity index (χ0v) is 33.4. The van der Waals surface area contributed by atoms with Crippen LogP contribution < -0.4 is 5.32 Å². The van der Waals surface area contributed by atoms with E-state index in [9.17, 15) is 14.4 Å². The molecule has 0 radical (unpaired) electrons. The van der Waals surface area contributed by atoms with Crippen LogP contribution in [0.5, 0.6) is 0 Å². The highest BCUT2D eigenvalue weighted by molar-refractivity contribution is 5.84. The molecule has 0 aliphatic heterocycles. The minimum Gasteiger partial charge on any atom is -0.469 e. The Hall–Kier alpha value is -1.85. The van der Waals surface area contributed by atoms with E-state index in [4.69, 9.17) is 9.47 Å². The van der Waals surface area contributed by atoms with Crippen molar-refractivity contribution < 1.29 is 23.9 Å². The maximum absolute atomic E-state index is 14.4. The summed E-state index contributed by atoms with van der Waals surface area (Å²) in [6.07, 6.45) is 20.9. The van der Waals surface area contributed by atoms with Gasteiger partial charge >= 0.3 is 11.9 Å². The highest BCUT2D eigenvalue weighted by Gasteiger charge is 2.72. The van der Waals surface area contributed by atoms with Crippen LogP contribution in [0.1, 0.15) is 170 Å². The van der Waals surface area contributed by atoms with E-state index in [1.54, 1.807) is 6.92 Å². The minimum atomic E-state index is -0.258. The molecular weight excluding hydrogens is 622 g/mol.